The Morgan fingerprint density at radius 2 is 1.82 bits per heavy atom. The molecule has 114 valence electrons. The van der Waals surface area contributed by atoms with Crippen molar-refractivity contribution < 1.29 is 0 Å². The first-order valence-corrected chi connectivity index (χ1v) is 7.70. The van der Waals surface area contributed by atoms with Gasteiger partial charge in [-0.3, -0.25) is 0 Å². The number of imidazole rings is 1. The van der Waals surface area contributed by atoms with Gasteiger partial charge < -0.3 is 16.5 Å². The van der Waals surface area contributed by atoms with E-state index in [0.717, 1.165) is 29.7 Å². The Labute approximate surface area is 130 Å². The molecule has 2 aromatic carbocycles. The summed E-state index contributed by atoms with van der Waals surface area (Å²) in [6, 6.07) is 14.7. The van der Waals surface area contributed by atoms with E-state index in [1.165, 1.54) is 16.7 Å². The van der Waals surface area contributed by atoms with Crippen molar-refractivity contribution in [2.24, 2.45) is 11.5 Å². The number of hydrogen-bond donors (Lipinski definition) is 3. The number of aromatic amines is 1. The van der Waals surface area contributed by atoms with Crippen LogP contribution in [0.25, 0.3) is 22.2 Å². The van der Waals surface area contributed by atoms with Crippen LogP contribution >= 0.6 is 0 Å². The Balaban J connectivity index is 1.91. The highest BCUT2D eigenvalue weighted by molar-refractivity contribution is 5.82. The minimum atomic E-state index is -0.0845. The number of H-pyrrole nitrogens is 1. The van der Waals surface area contributed by atoms with Gasteiger partial charge in [-0.2, -0.15) is 0 Å². The van der Waals surface area contributed by atoms with Crippen LogP contribution in [0, 0.1) is 6.92 Å². The quantitative estimate of drug-likeness (QED) is 0.675. The van der Waals surface area contributed by atoms with Crippen molar-refractivity contribution in [3.8, 4) is 11.1 Å². The summed E-state index contributed by atoms with van der Waals surface area (Å²) in [6.45, 7) is 2.75. The highest BCUT2D eigenvalue weighted by Crippen LogP contribution is 2.25. The summed E-state index contributed by atoms with van der Waals surface area (Å²) < 4.78 is 0. The van der Waals surface area contributed by atoms with E-state index in [1.807, 2.05) is 6.07 Å². The van der Waals surface area contributed by atoms with Gasteiger partial charge in [0.2, 0.25) is 0 Å². The van der Waals surface area contributed by atoms with Crippen molar-refractivity contribution in [2.45, 2.75) is 25.8 Å². The second-order valence-corrected chi connectivity index (χ2v) is 5.76. The maximum Gasteiger partial charge on any atom is 0.124 e. The molecule has 22 heavy (non-hydrogen) atoms. The Bertz CT molecular complexity index is 758. The third-order valence-electron chi connectivity index (χ3n) is 3.96. The van der Waals surface area contributed by atoms with Crippen LogP contribution < -0.4 is 11.5 Å². The summed E-state index contributed by atoms with van der Waals surface area (Å²) in [5, 5.41) is 0. The van der Waals surface area contributed by atoms with Gasteiger partial charge in [0.25, 0.3) is 0 Å². The minimum absolute atomic E-state index is 0.0845. The average molecular weight is 294 g/mol. The molecule has 0 saturated carbocycles. The molecule has 0 bridgehead atoms. The maximum atomic E-state index is 6.16. The Kier molecular flexibility index (Phi) is 4.22. The van der Waals surface area contributed by atoms with Crippen molar-refractivity contribution in [3.05, 3.63) is 53.9 Å². The zero-order valence-electron chi connectivity index (χ0n) is 12.8. The van der Waals surface area contributed by atoms with Gasteiger partial charge in [0.15, 0.2) is 0 Å². The van der Waals surface area contributed by atoms with E-state index in [-0.39, 0.29) is 6.04 Å². The van der Waals surface area contributed by atoms with E-state index in [0.29, 0.717) is 6.54 Å². The predicted octanol–water partition coefficient (Wildman–Crippen LogP) is 3.28. The SMILES string of the molecule is Cc1ccc(-c2ccc3nc([C@@H](N)CCCN)[nH]c3c2)cc1. The summed E-state index contributed by atoms with van der Waals surface area (Å²) in [4.78, 5) is 7.94. The van der Waals surface area contributed by atoms with Gasteiger partial charge in [0, 0.05) is 0 Å². The standard InChI is InChI=1S/C18H22N4/c1-12-4-6-13(7-5-12)14-8-9-16-17(11-14)22-18(21-16)15(20)3-2-10-19/h4-9,11,15H,2-3,10,19-20H2,1H3,(H,21,22)/t15-/m0/s1. The number of nitrogens with zero attached hydrogens (tertiary/aromatic N) is 1. The summed E-state index contributed by atoms with van der Waals surface area (Å²) in [6.07, 6.45) is 1.76. The molecule has 0 fully saturated rings. The molecule has 0 radical (unpaired) electrons. The lowest BCUT2D eigenvalue weighted by Crippen LogP contribution is -2.13. The van der Waals surface area contributed by atoms with Crippen LogP contribution in [0.4, 0.5) is 0 Å². The number of nitrogens with two attached hydrogens (primary N) is 2. The molecule has 4 heteroatoms. The van der Waals surface area contributed by atoms with Gasteiger partial charge >= 0.3 is 0 Å². The largest absolute Gasteiger partial charge is 0.341 e. The molecule has 3 rings (SSSR count). The third kappa shape index (κ3) is 3.03. The van der Waals surface area contributed by atoms with Crippen LogP contribution in [0.15, 0.2) is 42.5 Å². The summed E-state index contributed by atoms with van der Waals surface area (Å²) >= 11 is 0. The van der Waals surface area contributed by atoms with Gasteiger partial charge in [-0.05, 0) is 49.6 Å². The molecule has 0 aliphatic heterocycles. The number of aryl methyl sites for hydroxylation is 1. The molecule has 5 N–H and O–H groups in total. The van der Waals surface area contributed by atoms with Gasteiger partial charge in [-0.25, -0.2) is 4.98 Å². The van der Waals surface area contributed by atoms with E-state index < -0.39 is 0 Å². The first-order chi connectivity index (χ1) is 10.7. The molecule has 3 aromatic rings. The van der Waals surface area contributed by atoms with E-state index in [1.54, 1.807) is 0 Å². The van der Waals surface area contributed by atoms with Crippen LogP contribution in [0.5, 0.6) is 0 Å². The molecule has 1 heterocycles. The fourth-order valence-corrected chi connectivity index (χ4v) is 2.61. The van der Waals surface area contributed by atoms with Crippen molar-refractivity contribution in [1.82, 2.24) is 9.97 Å². The number of fused-ring (bicyclic) bond motifs is 1. The molecule has 4 nitrogen and oxygen atoms in total. The fourth-order valence-electron chi connectivity index (χ4n) is 2.61. The summed E-state index contributed by atoms with van der Waals surface area (Å²) in [7, 11) is 0. The number of rotatable bonds is 5. The van der Waals surface area contributed by atoms with E-state index in [4.69, 9.17) is 11.5 Å². The Morgan fingerprint density at radius 1 is 1.09 bits per heavy atom. The van der Waals surface area contributed by atoms with Crippen LogP contribution in [-0.2, 0) is 0 Å². The topological polar surface area (TPSA) is 80.7 Å². The Hall–Kier alpha value is -2.17. The average Bonchev–Trinajstić information content (AvgIpc) is 2.96. The predicted molar refractivity (Wildman–Crippen MR) is 91.5 cm³/mol. The molecule has 0 saturated heterocycles. The molecule has 1 atom stereocenters. The number of hydrogen-bond acceptors (Lipinski definition) is 3. The zero-order chi connectivity index (χ0) is 15.5. The smallest absolute Gasteiger partial charge is 0.124 e. The number of benzene rings is 2. The van der Waals surface area contributed by atoms with Crippen molar-refractivity contribution in [2.75, 3.05) is 6.54 Å². The molecule has 0 aliphatic carbocycles. The maximum absolute atomic E-state index is 6.16. The van der Waals surface area contributed by atoms with Gasteiger partial charge in [-0.1, -0.05) is 35.9 Å². The fraction of sp³-hybridized carbons (Fsp3) is 0.278. The first-order valence-electron chi connectivity index (χ1n) is 7.70. The minimum Gasteiger partial charge on any atom is -0.341 e. The normalized spacial score (nSPS) is 12.7. The summed E-state index contributed by atoms with van der Waals surface area (Å²) in [5.74, 6) is 0.838. The van der Waals surface area contributed by atoms with E-state index in [9.17, 15) is 0 Å². The van der Waals surface area contributed by atoms with E-state index >= 15 is 0 Å². The molecule has 0 unspecified atom stereocenters. The molecule has 0 spiro atoms. The van der Waals surface area contributed by atoms with Gasteiger partial charge in [0.05, 0.1) is 17.1 Å². The molecule has 0 aliphatic rings. The van der Waals surface area contributed by atoms with Gasteiger partial charge in [0.1, 0.15) is 5.82 Å². The lowest BCUT2D eigenvalue weighted by molar-refractivity contribution is 0.594. The van der Waals surface area contributed by atoms with Crippen LogP contribution in [0.1, 0.15) is 30.3 Å². The van der Waals surface area contributed by atoms with Crippen molar-refractivity contribution in [3.63, 3.8) is 0 Å². The number of nitrogens with one attached hydrogen (secondary N) is 1. The van der Waals surface area contributed by atoms with Gasteiger partial charge in [-0.15, -0.1) is 0 Å². The molecular formula is C18H22N4. The second-order valence-electron chi connectivity index (χ2n) is 5.76. The lowest BCUT2D eigenvalue weighted by Gasteiger charge is -2.06. The van der Waals surface area contributed by atoms with Crippen molar-refractivity contribution in [1.29, 1.82) is 0 Å². The van der Waals surface area contributed by atoms with Crippen LogP contribution in [-0.4, -0.2) is 16.5 Å². The highest BCUT2D eigenvalue weighted by Gasteiger charge is 2.11. The van der Waals surface area contributed by atoms with E-state index in [2.05, 4.69) is 53.3 Å². The lowest BCUT2D eigenvalue weighted by atomic mass is 10.0. The summed E-state index contributed by atoms with van der Waals surface area (Å²) in [5.41, 5.74) is 17.3. The Morgan fingerprint density at radius 3 is 2.55 bits per heavy atom. The highest BCUT2D eigenvalue weighted by atomic mass is 15.0. The van der Waals surface area contributed by atoms with Crippen LogP contribution in [0.2, 0.25) is 0 Å². The molecule has 0 amide bonds. The number of aromatic nitrogens is 2. The molecule has 1 aromatic heterocycles. The molecular weight excluding hydrogens is 272 g/mol. The van der Waals surface area contributed by atoms with Crippen LogP contribution in [0.3, 0.4) is 0 Å². The zero-order valence-corrected chi connectivity index (χ0v) is 12.8. The monoisotopic (exact) mass is 294 g/mol. The first kappa shape index (κ1) is 14.8. The third-order valence-corrected chi connectivity index (χ3v) is 3.96. The van der Waals surface area contributed by atoms with Crippen molar-refractivity contribution >= 4 is 11.0 Å². The second kappa shape index (κ2) is 6.30.